The van der Waals surface area contributed by atoms with E-state index >= 15 is 0 Å². The van der Waals surface area contributed by atoms with Crippen molar-refractivity contribution in [1.29, 1.82) is 0 Å². The van der Waals surface area contributed by atoms with Gasteiger partial charge in [0, 0.05) is 23.0 Å². The van der Waals surface area contributed by atoms with E-state index in [0.29, 0.717) is 5.82 Å². The van der Waals surface area contributed by atoms with Gasteiger partial charge in [0.05, 0.1) is 0 Å². The van der Waals surface area contributed by atoms with Crippen molar-refractivity contribution in [3.05, 3.63) is 24.0 Å². The first kappa shape index (κ1) is 14.6. The molecule has 0 aromatic carbocycles. The lowest BCUT2D eigenvalue weighted by Gasteiger charge is -2.24. The molecule has 0 fully saturated rings. The van der Waals surface area contributed by atoms with Crippen molar-refractivity contribution >= 4 is 10.0 Å². The van der Waals surface area contributed by atoms with Crippen molar-refractivity contribution in [2.75, 3.05) is 0 Å². The Labute approximate surface area is 117 Å². The lowest BCUT2D eigenvalue weighted by atomic mass is 10.1. The summed E-state index contributed by atoms with van der Waals surface area (Å²) in [5, 5.41) is 12.7. The monoisotopic (exact) mass is 295 g/mol. The summed E-state index contributed by atoms with van der Waals surface area (Å²) in [7, 11) is -3.94. The minimum Gasteiger partial charge on any atom is -0.291 e. The van der Waals surface area contributed by atoms with Gasteiger partial charge in [-0.25, -0.2) is 13.6 Å². The molecule has 0 radical (unpaired) electrons. The van der Waals surface area contributed by atoms with Crippen LogP contribution in [-0.4, -0.2) is 28.2 Å². The van der Waals surface area contributed by atoms with Crippen LogP contribution >= 0.6 is 0 Å². The molecule has 2 heterocycles. The van der Waals surface area contributed by atoms with Gasteiger partial charge in [0.1, 0.15) is 0 Å². The fourth-order valence-electron chi connectivity index (χ4n) is 1.93. The largest absolute Gasteiger partial charge is 0.291 e. The van der Waals surface area contributed by atoms with E-state index in [1.165, 1.54) is 4.57 Å². The molecule has 0 saturated heterocycles. The molecule has 0 aliphatic heterocycles. The number of hydrogen-bond acceptors (Lipinski definition) is 5. The van der Waals surface area contributed by atoms with E-state index < -0.39 is 15.6 Å². The second-order valence-corrected chi connectivity index (χ2v) is 7.00. The molecule has 0 amide bonds. The molecule has 0 atom stereocenters. The van der Waals surface area contributed by atoms with Crippen LogP contribution in [0.5, 0.6) is 0 Å². The van der Waals surface area contributed by atoms with Gasteiger partial charge in [0.15, 0.2) is 5.82 Å². The summed E-state index contributed by atoms with van der Waals surface area (Å²) >= 11 is 0. The SMILES string of the molecule is Cc1cc(-c2nnc(S(N)(=O)=O)n2C(C)(C)C)ccn1. The topological polar surface area (TPSA) is 104 Å². The summed E-state index contributed by atoms with van der Waals surface area (Å²) in [6, 6.07) is 3.57. The highest BCUT2D eigenvalue weighted by Crippen LogP contribution is 2.27. The van der Waals surface area contributed by atoms with E-state index in [-0.39, 0.29) is 5.16 Å². The molecule has 2 N–H and O–H groups in total. The second-order valence-electron chi connectivity index (χ2n) is 5.54. The molecule has 0 saturated carbocycles. The van der Waals surface area contributed by atoms with Gasteiger partial charge in [-0.3, -0.25) is 9.55 Å². The minimum atomic E-state index is -3.94. The van der Waals surface area contributed by atoms with Crippen LogP contribution in [0, 0.1) is 6.92 Å². The zero-order valence-corrected chi connectivity index (χ0v) is 12.6. The highest BCUT2D eigenvalue weighted by atomic mass is 32.2. The summed E-state index contributed by atoms with van der Waals surface area (Å²) in [5.41, 5.74) is 1.02. The maximum Gasteiger partial charge on any atom is 0.273 e. The van der Waals surface area contributed by atoms with E-state index in [0.717, 1.165) is 11.3 Å². The van der Waals surface area contributed by atoms with E-state index in [9.17, 15) is 8.42 Å². The summed E-state index contributed by atoms with van der Waals surface area (Å²) in [6.07, 6.45) is 1.64. The number of nitrogens with two attached hydrogens (primary N) is 1. The maximum atomic E-state index is 11.7. The van der Waals surface area contributed by atoms with E-state index in [4.69, 9.17) is 5.14 Å². The standard InChI is InChI=1S/C12H17N5O2S/c1-8-7-9(5-6-14-8)10-15-16-11(20(13,18)19)17(10)12(2,3)4/h5-7H,1-4H3,(H2,13,18,19). The van der Waals surface area contributed by atoms with Gasteiger partial charge in [-0.15, -0.1) is 10.2 Å². The molecule has 0 bridgehead atoms. The average molecular weight is 295 g/mol. The Hall–Kier alpha value is -1.80. The fraction of sp³-hybridized carbons (Fsp3) is 0.417. The van der Waals surface area contributed by atoms with Crippen LogP contribution in [-0.2, 0) is 15.6 Å². The van der Waals surface area contributed by atoms with Gasteiger partial charge in [-0.2, -0.15) is 0 Å². The molecule has 2 rings (SSSR count). The summed E-state index contributed by atoms with van der Waals surface area (Å²) < 4.78 is 24.8. The lowest BCUT2D eigenvalue weighted by molar-refractivity contribution is 0.366. The third kappa shape index (κ3) is 2.70. The van der Waals surface area contributed by atoms with Crippen molar-refractivity contribution in [2.45, 2.75) is 38.4 Å². The van der Waals surface area contributed by atoms with Crippen LogP contribution in [0.3, 0.4) is 0 Å². The predicted molar refractivity (Wildman–Crippen MR) is 74.4 cm³/mol. The van der Waals surface area contributed by atoms with Gasteiger partial charge in [0.25, 0.3) is 15.2 Å². The number of nitrogens with zero attached hydrogens (tertiary/aromatic N) is 4. The van der Waals surface area contributed by atoms with Crippen LogP contribution < -0.4 is 5.14 Å². The summed E-state index contributed by atoms with van der Waals surface area (Å²) in [5.74, 6) is 0.451. The molecular weight excluding hydrogens is 278 g/mol. The van der Waals surface area contributed by atoms with E-state index in [1.807, 2.05) is 33.8 Å². The molecule has 2 aromatic rings. The number of hydrogen-bond donors (Lipinski definition) is 1. The first-order valence-corrected chi connectivity index (χ1v) is 7.57. The number of pyridine rings is 1. The average Bonchev–Trinajstić information content (AvgIpc) is 2.72. The van der Waals surface area contributed by atoms with Crippen molar-refractivity contribution in [3.63, 3.8) is 0 Å². The van der Waals surface area contributed by atoms with Gasteiger partial charge >= 0.3 is 0 Å². The molecule has 0 aliphatic carbocycles. The van der Waals surface area contributed by atoms with Gasteiger partial charge in [-0.05, 0) is 39.8 Å². The first-order chi connectivity index (χ1) is 9.10. The van der Waals surface area contributed by atoms with E-state index in [2.05, 4.69) is 15.2 Å². The van der Waals surface area contributed by atoms with Crippen molar-refractivity contribution in [2.24, 2.45) is 5.14 Å². The molecule has 2 aromatic heterocycles. The van der Waals surface area contributed by atoms with Crippen LogP contribution in [0.1, 0.15) is 26.5 Å². The molecular formula is C12H17N5O2S. The van der Waals surface area contributed by atoms with Gasteiger partial charge in [0.2, 0.25) is 0 Å². The van der Waals surface area contributed by atoms with Crippen LogP contribution in [0.15, 0.2) is 23.5 Å². The minimum absolute atomic E-state index is 0.241. The number of sulfonamides is 1. The summed E-state index contributed by atoms with van der Waals surface area (Å²) in [6.45, 7) is 7.44. The van der Waals surface area contributed by atoms with Crippen molar-refractivity contribution in [1.82, 2.24) is 19.7 Å². The fourth-order valence-corrected chi connectivity index (χ4v) is 2.70. The molecule has 8 heteroatoms. The Morgan fingerprint density at radius 2 is 1.90 bits per heavy atom. The Balaban J connectivity index is 2.76. The molecule has 108 valence electrons. The van der Waals surface area contributed by atoms with E-state index in [1.54, 1.807) is 12.3 Å². The smallest absolute Gasteiger partial charge is 0.273 e. The highest BCUT2D eigenvalue weighted by Gasteiger charge is 2.29. The number of aromatic nitrogens is 4. The zero-order chi connectivity index (χ0) is 15.1. The first-order valence-electron chi connectivity index (χ1n) is 6.02. The van der Waals surface area contributed by atoms with Crippen LogP contribution in [0.2, 0.25) is 0 Å². The van der Waals surface area contributed by atoms with Crippen LogP contribution in [0.25, 0.3) is 11.4 Å². The second kappa shape index (κ2) is 4.64. The number of primary sulfonamides is 1. The molecule has 0 unspecified atom stereocenters. The van der Waals surface area contributed by atoms with Gasteiger partial charge < -0.3 is 0 Å². The van der Waals surface area contributed by atoms with Crippen LogP contribution in [0.4, 0.5) is 0 Å². The molecule has 0 aliphatic rings. The Morgan fingerprint density at radius 1 is 1.25 bits per heavy atom. The molecule has 0 spiro atoms. The third-order valence-corrected chi connectivity index (χ3v) is 3.49. The van der Waals surface area contributed by atoms with Crippen molar-refractivity contribution in [3.8, 4) is 11.4 Å². The predicted octanol–water partition coefficient (Wildman–Crippen LogP) is 1.05. The molecule has 20 heavy (non-hydrogen) atoms. The Morgan fingerprint density at radius 3 is 2.40 bits per heavy atom. The Kier molecular flexibility index (Phi) is 3.39. The Bertz CT molecular complexity index is 743. The number of rotatable bonds is 2. The van der Waals surface area contributed by atoms with Crippen molar-refractivity contribution < 1.29 is 8.42 Å². The zero-order valence-electron chi connectivity index (χ0n) is 11.8. The quantitative estimate of drug-likeness (QED) is 0.891. The number of aryl methyl sites for hydroxylation is 1. The maximum absolute atomic E-state index is 11.7. The third-order valence-electron chi connectivity index (χ3n) is 2.71. The van der Waals surface area contributed by atoms with Gasteiger partial charge in [-0.1, -0.05) is 0 Å². The lowest BCUT2D eigenvalue weighted by Crippen LogP contribution is -2.29. The summed E-state index contributed by atoms with van der Waals surface area (Å²) in [4.78, 5) is 4.11. The highest BCUT2D eigenvalue weighted by molar-refractivity contribution is 7.89. The molecule has 7 nitrogen and oxygen atoms in total. The normalized spacial score (nSPS) is 12.7.